The molecule has 1 N–H and O–H groups in total. The van der Waals surface area contributed by atoms with Crippen LogP contribution in [0.1, 0.15) is 11.3 Å². The van der Waals surface area contributed by atoms with Crippen LogP contribution in [0.5, 0.6) is 11.5 Å². The van der Waals surface area contributed by atoms with Crippen LogP contribution in [0.4, 0.5) is 0 Å². The Morgan fingerprint density at radius 3 is 2.43 bits per heavy atom. The predicted molar refractivity (Wildman–Crippen MR) is 86.0 cm³/mol. The molecule has 106 valence electrons. The van der Waals surface area contributed by atoms with Gasteiger partial charge in [-0.3, -0.25) is 0 Å². The van der Waals surface area contributed by atoms with Crippen molar-refractivity contribution in [2.75, 3.05) is 14.2 Å². The number of para-hydroxylation sites is 1. The number of benzene rings is 2. The van der Waals surface area contributed by atoms with Gasteiger partial charge in [-0.25, -0.2) is 0 Å². The van der Waals surface area contributed by atoms with Crippen LogP contribution in [0.25, 0.3) is 16.5 Å². The lowest BCUT2D eigenvalue weighted by atomic mass is 10.0. The highest BCUT2D eigenvalue weighted by Gasteiger charge is 2.10. The fourth-order valence-electron chi connectivity index (χ4n) is 2.42. The van der Waals surface area contributed by atoms with Crippen molar-refractivity contribution in [2.24, 2.45) is 0 Å². The van der Waals surface area contributed by atoms with Gasteiger partial charge < -0.3 is 14.5 Å². The van der Waals surface area contributed by atoms with Crippen molar-refractivity contribution in [1.29, 1.82) is 0 Å². The van der Waals surface area contributed by atoms with Crippen molar-refractivity contribution in [3.05, 3.63) is 66.4 Å². The van der Waals surface area contributed by atoms with E-state index in [0.717, 1.165) is 22.3 Å². The maximum Gasteiger partial charge on any atom is 0.161 e. The SMILES string of the molecule is C=C(c1ccc(OC)c(OC)c1)c1cc2ccccc2[nH]1. The summed E-state index contributed by atoms with van der Waals surface area (Å²) < 4.78 is 10.6. The van der Waals surface area contributed by atoms with Gasteiger partial charge in [-0.15, -0.1) is 0 Å². The van der Waals surface area contributed by atoms with E-state index in [1.165, 1.54) is 5.39 Å². The van der Waals surface area contributed by atoms with Gasteiger partial charge >= 0.3 is 0 Å². The Kier molecular flexibility index (Phi) is 3.40. The summed E-state index contributed by atoms with van der Waals surface area (Å²) in [6.07, 6.45) is 0. The average Bonchev–Trinajstić information content (AvgIpc) is 2.97. The van der Waals surface area contributed by atoms with E-state index in [-0.39, 0.29) is 0 Å². The molecule has 1 heterocycles. The molecule has 0 aliphatic heterocycles. The van der Waals surface area contributed by atoms with Crippen LogP contribution in [-0.2, 0) is 0 Å². The summed E-state index contributed by atoms with van der Waals surface area (Å²) >= 11 is 0. The molecule has 0 saturated heterocycles. The molecule has 2 aromatic carbocycles. The first-order valence-corrected chi connectivity index (χ1v) is 6.72. The van der Waals surface area contributed by atoms with E-state index in [1.807, 2.05) is 30.3 Å². The maximum atomic E-state index is 5.35. The number of hydrogen-bond donors (Lipinski definition) is 1. The lowest BCUT2D eigenvalue weighted by Crippen LogP contribution is -1.93. The summed E-state index contributed by atoms with van der Waals surface area (Å²) in [4.78, 5) is 3.39. The predicted octanol–water partition coefficient (Wildman–Crippen LogP) is 4.25. The van der Waals surface area contributed by atoms with Crippen molar-refractivity contribution >= 4 is 16.5 Å². The number of aromatic nitrogens is 1. The summed E-state index contributed by atoms with van der Waals surface area (Å²) in [7, 11) is 3.26. The summed E-state index contributed by atoms with van der Waals surface area (Å²) in [5.74, 6) is 1.41. The Hall–Kier alpha value is -2.68. The Morgan fingerprint density at radius 2 is 1.71 bits per heavy atom. The Labute approximate surface area is 123 Å². The Morgan fingerprint density at radius 1 is 0.952 bits per heavy atom. The first kappa shape index (κ1) is 13.3. The largest absolute Gasteiger partial charge is 0.493 e. The molecule has 0 spiro atoms. The topological polar surface area (TPSA) is 34.2 Å². The van der Waals surface area contributed by atoms with Gasteiger partial charge in [0.25, 0.3) is 0 Å². The smallest absolute Gasteiger partial charge is 0.161 e. The van der Waals surface area contributed by atoms with Gasteiger partial charge in [-0.05, 0) is 35.4 Å². The second-order valence-corrected chi connectivity index (χ2v) is 4.82. The Balaban J connectivity index is 2.01. The van der Waals surface area contributed by atoms with Crippen LogP contribution in [0.15, 0.2) is 55.1 Å². The molecule has 0 fully saturated rings. The second kappa shape index (κ2) is 5.37. The van der Waals surface area contributed by atoms with Gasteiger partial charge in [0.05, 0.1) is 14.2 Å². The van der Waals surface area contributed by atoms with Crippen molar-refractivity contribution in [1.82, 2.24) is 4.98 Å². The zero-order chi connectivity index (χ0) is 14.8. The molecule has 0 bridgehead atoms. The molecule has 3 rings (SSSR count). The van der Waals surface area contributed by atoms with Crippen molar-refractivity contribution < 1.29 is 9.47 Å². The van der Waals surface area contributed by atoms with Crippen molar-refractivity contribution in [2.45, 2.75) is 0 Å². The Bertz CT molecular complexity index is 769. The van der Waals surface area contributed by atoms with Gasteiger partial charge in [0.1, 0.15) is 0 Å². The zero-order valence-electron chi connectivity index (χ0n) is 12.1. The normalized spacial score (nSPS) is 10.6. The molecule has 0 unspecified atom stereocenters. The number of ether oxygens (including phenoxy) is 2. The molecule has 21 heavy (non-hydrogen) atoms. The highest BCUT2D eigenvalue weighted by molar-refractivity contribution is 5.88. The maximum absolute atomic E-state index is 5.35. The fourth-order valence-corrected chi connectivity index (χ4v) is 2.42. The molecule has 3 aromatic rings. The summed E-state index contributed by atoms with van der Waals surface area (Å²) in [6.45, 7) is 4.19. The molecule has 0 atom stereocenters. The number of hydrogen-bond acceptors (Lipinski definition) is 2. The third-order valence-electron chi connectivity index (χ3n) is 3.59. The third-order valence-corrected chi connectivity index (χ3v) is 3.59. The van der Waals surface area contributed by atoms with Crippen LogP contribution in [0.2, 0.25) is 0 Å². The molecule has 0 saturated carbocycles. The second-order valence-electron chi connectivity index (χ2n) is 4.82. The number of fused-ring (bicyclic) bond motifs is 1. The number of aromatic amines is 1. The van der Waals surface area contributed by atoms with Crippen LogP contribution < -0.4 is 9.47 Å². The summed E-state index contributed by atoms with van der Waals surface area (Å²) in [6, 6.07) is 16.1. The monoisotopic (exact) mass is 279 g/mol. The molecule has 3 heteroatoms. The molecule has 3 nitrogen and oxygen atoms in total. The average molecular weight is 279 g/mol. The molecule has 1 aromatic heterocycles. The van der Waals surface area contributed by atoms with E-state index >= 15 is 0 Å². The minimum Gasteiger partial charge on any atom is -0.493 e. The molecule has 0 aliphatic rings. The highest BCUT2D eigenvalue weighted by Crippen LogP contribution is 2.32. The molecular formula is C18H17NO2. The summed E-state index contributed by atoms with van der Waals surface area (Å²) in [5, 5.41) is 1.18. The van der Waals surface area contributed by atoms with E-state index in [2.05, 4.69) is 29.8 Å². The number of methoxy groups -OCH3 is 2. The van der Waals surface area contributed by atoms with Crippen molar-refractivity contribution in [3.8, 4) is 11.5 Å². The van der Waals surface area contributed by atoms with Gasteiger partial charge in [-0.2, -0.15) is 0 Å². The van der Waals surface area contributed by atoms with Gasteiger partial charge in [0.2, 0.25) is 0 Å². The number of H-pyrrole nitrogens is 1. The minimum atomic E-state index is 0.701. The molecular weight excluding hydrogens is 262 g/mol. The quantitative estimate of drug-likeness (QED) is 0.774. The minimum absolute atomic E-state index is 0.701. The summed E-state index contributed by atoms with van der Waals surface area (Å²) in [5.41, 5.74) is 4.03. The van der Waals surface area contributed by atoms with E-state index in [4.69, 9.17) is 9.47 Å². The first-order chi connectivity index (χ1) is 10.2. The first-order valence-electron chi connectivity index (χ1n) is 6.72. The van der Waals surface area contributed by atoms with E-state index in [0.29, 0.717) is 11.5 Å². The van der Waals surface area contributed by atoms with Crippen molar-refractivity contribution in [3.63, 3.8) is 0 Å². The van der Waals surface area contributed by atoms with E-state index < -0.39 is 0 Å². The van der Waals surface area contributed by atoms with Crippen LogP contribution in [0, 0.1) is 0 Å². The highest BCUT2D eigenvalue weighted by atomic mass is 16.5. The standard InChI is InChI=1S/C18H17NO2/c1-12(13-8-9-17(20-2)18(11-13)21-3)16-10-14-6-4-5-7-15(14)19-16/h4-11,19H,1H2,2-3H3. The van der Waals surface area contributed by atoms with E-state index in [9.17, 15) is 0 Å². The lowest BCUT2D eigenvalue weighted by molar-refractivity contribution is 0.355. The van der Waals surface area contributed by atoms with Crippen LogP contribution in [0.3, 0.4) is 0 Å². The van der Waals surface area contributed by atoms with Crippen LogP contribution >= 0.6 is 0 Å². The lowest BCUT2D eigenvalue weighted by Gasteiger charge is -2.10. The number of nitrogens with one attached hydrogen (secondary N) is 1. The molecule has 0 aliphatic carbocycles. The van der Waals surface area contributed by atoms with Gasteiger partial charge in [0, 0.05) is 16.6 Å². The third kappa shape index (κ3) is 2.38. The van der Waals surface area contributed by atoms with Gasteiger partial charge in [0.15, 0.2) is 11.5 Å². The van der Waals surface area contributed by atoms with Gasteiger partial charge in [-0.1, -0.05) is 30.8 Å². The zero-order valence-corrected chi connectivity index (χ0v) is 12.1. The number of rotatable bonds is 4. The van der Waals surface area contributed by atoms with E-state index in [1.54, 1.807) is 14.2 Å². The fraction of sp³-hybridized carbons (Fsp3) is 0.111. The molecule has 0 radical (unpaired) electrons. The van der Waals surface area contributed by atoms with Crippen LogP contribution in [-0.4, -0.2) is 19.2 Å². The molecule has 0 amide bonds.